The molecule has 60 valence electrons. The summed E-state index contributed by atoms with van der Waals surface area (Å²) in [6, 6.07) is 1.41. The van der Waals surface area contributed by atoms with Crippen molar-refractivity contribution in [2.75, 3.05) is 0 Å². The molecule has 0 fully saturated rings. The lowest BCUT2D eigenvalue weighted by Gasteiger charge is -1.99. The van der Waals surface area contributed by atoms with E-state index < -0.39 is 5.95 Å². The van der Waals surface area contributed by atoms with Gasteiger partial charge in [-0.1, -0.05) is 13.3 Å². The van der Waals surface area contributed by atoms with E-state index in [0.29, 0.717) is 12.0 Å². The first kappa shape index (κ1) is 7.98. The van der Waals surface area contributed by atoms with Crippen molar-refractivity contribution >= 4 is 0 Å². The Balaban J connectivity index is 2.93. The molecule has 0 bridgehead atoms. The highest BCUT2D eigenvalue weighted by Gasteiger charge is 2.02. The van der Waals surface area contributed by atoms with Crippen LogP contribution in [0.25, 0.3) is 0 Å². The van der Waals surface area contributed by atoms with Gasteiger partial charge in [-0.05, 0) is 12.5 Å². The molecule has 1 rings (SSSR count). The molecule has 11 heavy (non-hydrogen) atoms. The third kappa shape index (κ3) is 1.90. The number of aryl methyl sites for hydroxylation is 1. The SMILES string of the molecule is CCCc1cc(O)cnc1F. The largest absolute Gasteiger partial charge is 0.506 e. The topological polar surface area (TPSA) is 33.1 Å². The summed E-state index contributed by atoms with van der Waals surface area (Å²) in [5.41, 5.74) is 0.479. The third-order valence-corrected chi connectivity index (χ3v) is 1.42. The van der Waals surface area contributed by atoms with Gasteiger partial charge in [0.15, 0.2) is 0 Å². The van der Waals surface area contributed by atoms with Gasteiger partial charge in [0.25, 0.3) is 0 Å². The average molecular weight is 155 g/mol. The van der Waals surface area contributed by atoms with Gasteiger partial charge in [-0.25, -0.2) is 4.98 Å². The fraction of sp³-hybridized carbons (Fsp3) is 0.375. The van der Waals surface area contributed by atoms with Crippen molar-refractivity contribution in [1.82, 2.24) is 4.98 Å². The molecule has 2 nitrogen and oxygen atoms in total. The van der Waals surface area contributed by atoms with E-state index in [1.807, 2.05) is 6.92 Å². The summed E-state index contributed by atoms with van der Waals surface area (Å²) in [6.07, 6.45) is 2.57. The van der Waals surface area contributed by atoms with Crippen molar-refractivity contribution in [2.24, 2.45) is 0 Å². The number of aromatic nitrogens is 1. The molecule has 1 aromatic rings. The zero-order chi connectivity index (χ0) is 8.27. The summed E-state index contributed by atoms with van der Waals surface area (Å²) < 4.78 is 12.7. The van der Waals surface area contributed by atoms with Crippen LogP contribution in [0.15, 0.2) is 12.3 Å². The molecule has 1 aromatic heterocycles. The predicted molar refractivity (Wildman–Crippen MR) is 39.9 cm³/mol. The molecule has 0 spiro atoms. The quantitative estimate of drug-likeness (QED) is 0.661. The van der Waals surface area contributed by atoms with E-state index in [4.69, 9.17) is 5.11 Å². The van der Waals surface area contributed by atoms with Crippen LogP contribution >= 0.6 is 0 Å². The van der Waals surface area contributed by atoms with Crippen LogP contribution in [0.5, 0.6) is 5.75 Å². The maximum atomic E-state index is 12.7. The Morgan fingerprint density at radius 2 is 2.36 bits per heavy atom. The first-order chi connectivity index (χ1) is 5.24. The zero-order valence-corrected chi connectivity index (χ0v) is 6.34. The van der Waals surface area contributed by atoms with Gasteiger partial charge in [0.1, 0.15) is 5.75 Å². The molecule has 0 aromatic carbocycles. The monoisotopic (exact) mass is 155 g/mol. The van der Waals surface area contributed by atoms with E-state index in [-0.39, 0.29) is 5.75 Å². The van der Waals surface area contributed by atoms with Crippen LogP contribution in [-0.2, 0) is 6.42 Å². The van der Waals surface area contributed by atoms with E-state index in [1.54, 1.807) is 0 Å². The van der Waals surface area contributed by atoms with Crippen LogP contribution in [0, 0.1) is 5.95 Å². The van der Waals surface area contributed by atoms with Gasteiger partial charge >= 0.3 is 0 Å². The van der Waals surface area contributed by atoms with E-state index in [2.05, 4.69) is 4.98 Å². The Kier molecular flexibility index (Phi) is 2.41. The van der Waals surface area contributed by atoms with E-state index in [1.165, 1.54) is 6.07 Å². The number of hydrogen-bond acceptors (Lipinski definition) is 2. The van der Waals surface area contributed by atoms with Crippen LogP contribution in [0.3, 0.4) is 0 Å². The van der Waals surface area contributed by atoms with Crippen molar-refractivity contribution in [2.45, 2.75) is 19.8 Å². The third-order valence-electron chi connectivity index (χ3n) is 1.42. The lowest BCUT2D eigenvalue weighted by Crippen LogP contribution is -1.92. The predicted octanol–water partition coefficient (Wildman–Crippen LogP) is 1.88. The molecule has 1 N–H and O–H groups in total. The highest BCUT2D eigenvalue weighted by molar-refractivity contribution is 5.23. The Hall–Kier alpha value is -1.12. The second kappa shape index (κ2) is 3.32. The molecule has 0 saturated carbocycles. The molecule has 0 atom stereocenters. The highest BCUT2D eigenvalue weighted by Crippen LogP contribution is 2.13. The number of aromatic hydroxyl groups is 1. The molecule has 0 aliphatic rings. The van der Waals surface area contributed by atoms with Crippen molar-refractivity contribution in [1.29, 1.82) is 0 Å². The molecule has 0 aliphatic heterocycles. The molecule has 0 saturated heterocycles. The van der Waals surface area contributed by atoms with E-state index in [0.717, 1.165) is 12.6 Å². The van der Waals surface area contributed by atoms with Crippen molar-refractivity contribution in [3.63, 3.8) is 0 Å². The lowest BCUT2D eigenvalue weighted by molar-refractivity contribution is 0.463. The fourth-order valence-corrected chi connectivity index (χ4v) is 0.926. The van der Waals surface area contributed by atoms with Crippen molar-refractivity contribution in [3.05, 3.63) is 23.8 Å². The first-order valence-electron chi connectivity index (χ1n) is 3.57. The second-order valence-corrected chi connectivity index (χ2v) is 2.39. The number of pyridine rings is 1. The Labute approximate surface area is 64.7 Å². The van der Waals surface area contributed by atoms with Gasteiger partial charge < -0.3 is 5.11 Å². The molecule has 0 amide bonds. The smallest absolute Gasteiger partial charge is 0.216 e. The van der Waals surface area contributed by atoms with Gasteiger partial charge in [0.05, 0.1) is 6.20 Å². The Bertz CT molecular complexity index is 250. The second-order valence-electron chi connectivity index (χ2n) is 2.39. The Morgan fingerprint density at radius 1 is 1.64 bits per heavy atom. The first-order valence-corrected chi connectivity index (χ1v) is 3.57. The van der Waals surface area contributed by atoms with Crippen LogP contribution in [0.2, 0.25) is 0 Å². The number of rotatable bonds is 2. The molecular weight excluding hydrogens is 145 g/mol. The van der Waals surface area contributed by atoms with Crippen LogP contribution in [-0.4, -0.2) is 10.1 Å². The van der Waals surface area contributed by atoms with Crippen molar-refractivity contribution < 1.29 is 9.50 Å². The number of hydrogen-bond donors (Lipinski definition) is 1. The van der Waals surface area contributed by atoms with Crippen molar-refractivity contribution in [3.8, 4) is 5.75 Å². The normalized spacial score (nSPS) is 10.0. The molecule has 3 heteroatoms. The minimum Gasteiger partial charge on any atom is -0.506 e. The van der Waals surface area contributed by atoms with Gasteiger partial charge in [-0.2, -0.15) is 4.39 Å². The van der Waals surface area contributed by atoms with Crippen LogP contribution in [0.1, 0.15) is 18.9 Å². The summed E-state index contributed by atoms with van der Waals surface area (Å²) in [6.45, 7) is 1.95. The van der Waals surface area contributed by atoms with Gasteiger partial charge in [-0.3, -0.25) is 0 Å². The van der Waals surface area contributed by atoms with Crippen LogP contribution in [0.4, 0.5) is 4.39 Å². The fourth-order valence-electron chi connectivity index (χ4n) is 0.926. The average Bonchev–Trinajstić information content (AvgIpc) is 1.98. The molecule has 0 unspecified atom stereocenters. The van der Waals surface area contributed by atoms with Crippen LogP contribution < -0.4 is 0 Å². The molecular formula is C8H10FNO. The zero-order valence-electron chi connectivity index (χ0n) is 6.34. The van der Waals surface area contributed by atoms with E-state index in [9.17, 15) is 4.39 Å². The maximum Gasteiger partial charge on any atom is 0.216 e. The summed E-state index contributed by atoms with van der Waals surface area (Å²) in [5, 5.41) is 8.93. The van der Waals surface area contributed by atoms with Gasteiger partial charge in [0.2, 0.25) is 5.95 Å². The Morgan fingerprint density at radius 3 is 3.00 bits per heavy atom. The minimum atomic E-state index is -0.482. The standard InChI is InChI=1S/C8H10FNO/c1-2-3-6-4-7(11)5-10-8(6)9/h4-5,11H,2-3H2,1H3. The summed E-state index contributed by atoms with van der Waals surface area (Å²) in [4.78, 5) is 3.38. The molecule has 0 aliphatic carbocycles. The molecule has 1 heterocycles. The van der Waals surface area contributed by atoms with Gasteiger partial charge in [-0.15, -0.1) is 0 Å². The highest BCUT2D eigenvalue weighted by atomic mass is 19.1. The summed E-state index contributed by atoms with van der Waals surface area (Å²) in [5.74, 6) is -0.459. The number of halogens is 1. The lowest BCUT2D eigenvalue weighted by atomic mass is 10.2. The van der Waals surface area contributed by atoms with Gasteiger partial charge in [0, 0.05) is 5.56 Å². The molecule has 0 radical (unpaired) electrons. The number of nitrogens with zero attached hydrogens (tertiary/aromatic N) is 1. The summed E-state index contributed by atoms with van der Waals surface area (Å²) >= 11 is 0. The summed E-state index contributed by atoms with van der Waals surface area (Å²) in [7, 11) is 0. The maximum absolute atomic E-state index is 12.7. The van der Waals surface area contributed by atoms with E-state index >= 15 is 0 Å². The minimum absolute atomic E-state index is 0.0230.